The van der Waals surface area contributed by atoms with Gasteiger partial charge in [-0.25, -0.2) is 5.43 Å². The number of ether oxygens (including phenoxy) is 1. The highest BCUT2D eigenvalue weighted by Crippen LogP contribution is 2.38. The van der Waals surface area contributed by atoms with Gasteiger partial charge in [0.2, 0.25) is 0 Å². The Morgan fingerprint density at radius 2 is 1.68 bits per heavy atom. The van der Waals surface area contributed by atoms with Crippen molar-refractivity contribution in [1.29, 1.82) is 0 Å². The zero-order valence-corrected chi connectivity index (χ0v) is 16.5. The van der Waals surface area contributed by atoms with Crippen LogP contribution >= 0.6 is 0 Å². The van der Waals surface area contributed by atoms with Gasteiger partial charge in [0.25, 0.3) is 5.91 Å². The summed E-state index contributed by atoms with van der Waals surface area (Å²) in [7, 11) is 0. The molecule has 0 bridgehead atoms. The average Bonchev–Trinajstić information content (AvgIpc) is 2.80. The Morgan fingerprint density at radius 3 is 2.39 bits per heavy atom. The van der Waals surface area contributed by atoms with Crippen molar-refractivity contribution in [3.05, 3.63) is 88.7 Å². The Bertz CT molecular complexity index is 1240. The van der Waals surface area contributed by atoms with E-state index in [4.69, 9.17) is 4.74 Å². The molecule has 31 heavy (non-hydrogen) atoms. The lowest BCUT2D eigenvalue weighted by molar-refractivity contribution is 0.0953. The number of pyridine rings is 1. The van der Waals surface area contributed by atoms with E-state index < -0.39 is 17.4 Å². The summed E-state index contributed by atoms with van der Waals surface area (Å²) >= 11 is 0. The Balaban J connectivity index is 1.50. The van der Waals surface area contributed by atoms with Crippen LogP contribution in [0.3, 0.4) is 0 Å². The number of aromatic nitrogens is 1. The lowest BCUT2D eigenvalue weighted by Gasteiger charge is -2.19. The van der Waals surface area contributed by atoms with Gasteiger partial charge in [0.05, 0.1) is 11.3 Å². The first-order valence-electron chi connectivity index (χ1n) is 9.38. The highest BCUT2D eigenvalue weighted by Gasteiger charge is 2.33. The summed E-state index contributed by atoms with van der Waals surface area (Å²) in [5.41, 5.74) is 3.83. The molecular formula is C23H17N3O5. The molecular weight excluding hydrogens is 398 g/mol. The molecule has 8 heteroatoms. The molecule has 0 saturated carbocycles. The Morgan fingerprint density at radius 1 is 1.00 bits per heavy atom. The van der Waals surface area contributed by atoms with E-state index in [0.717, 1.165) is 0 Å². The Labute approximate surface area is 177 Å². The molecule has 0 fully saturated rings. The molecule has 0 radical (unpaired) electrons. The summed E-state index contributed by atoms with van der Waals surface area (Å²) in [6.07, 6.45) is 3.00. The maximum Gasteiger partial charge on any atom is 0.271 e. The van der Waals surface area contributed by atoms with Gasteiger partial charge < -0.3 is 9.84 Å². The predicted molar refractivity (Wildman–Crippen MR) is 112 cm³/mol. The van der Waals surface area contributed by atoms with Crippen LogP contribution in [0, 0.1) is 0 Å². The van der Waals surface area contributed by atoms with Crippen molar-refractivity contribution < 1.29 is 24.2 Å². The number of phenolic OH excluding ortho intramolecular Hbond substituents is 1. The average molecular weight is 415 g/mol. The minimum atomic E-state index is -0.442. The maximum atomic E-state index is 12.8. The molecule has 0 spiro atoms. The second-order valence-electron chi connectivity index (χ2n) is 6.85. The van der Waals surface area contributed by atoms with Gasteiger partial charge in [0, 0.05) is 34.6 Å². The van der Waals surface area contributed by atoms with Gasteiger partial charge in [-0.15, -0.1) is 0 Å². The molecule has 1 aliphatic rings. The van der Waals surface area contributed by atoms with Crippen molar-refractivity contribution in [1.82, 2.24) is 10.4 Å². The second kappa shape index (κ2) is 8.19. The lowest BCUT2D eigenvalue weighted by atomic mass is 9.83. The van der Waals surface area contributed by atoms with Crippen molar-refractivity contribution in [3.63, 3.8) is 0 Å². The summed E-state index contributed by atoms with van der Waals surface area (Å²) in [5.74, 6) is -1.54. The molecule has 0 saturated heterocycles. The molecule has 4 rings (SSSR count). The first-order valence-corrected chi connectivity index (χ1v) is 9.38. The zero-order valence-electron chi connectivity index (χ0n) is 16.5. The van der Waals surface area contributed by atoms with Crippen LogP contribution in [0.5, 0.6) is 11.5 Å². The van der Waals surface area contributed by atoms with E-state index in [9.17, 15) is 19.5 Å². The maximum absolute atomic E-state index is 12.8. The molecule has 0 aliphatic heterocycles. The number of benzene rings is 2. The number of hydrogen-bond donors (Lipinski definition) is 2. The monoisotopic (exact) mass is 415 g/mol. The number of ketones is 2. The number of phenols is 1. The fraction of sp³-hybridized carbons (Fsp3) is 0.0870. The number of amides is 1. The number of aromatic hydroxyl groups is 1. The van der Waals surface area contributed by atoms with Crippen LogP contribution in [-0.2, 0) is 0 Å². The van der Waals surface area contributed by atoms with Gasteiger partial charge in [-0.05, 0) is 31.2 Å². The largest absolute Gasteiger partial charge is 0.504 e. The van der Waals surface area contributed by atoms with E-state index in [-0.39, 0.29) is 34.8 Å². The summed E-state index contributed by atoms with van der Waals surface area (Å²) in [5, 5.41) is 14.6. The third-order valence-corrected chi connectivity index (χ3v) is 4.76. The minimum absolute atomic E-state index is 0.0364. The van der Waals surface area contributed by atoms with Gasteiger partial charge in [0.1, 0.15) is 6.61 Å². The molecule has 154 valence electrons. The molecule has 8 nitrogen and oxygen atoms in total. The summed E-state index contributed by atoms with van der Waals surface area (Å²) in [4.78, 5) is 41.4. The number of nitrogens with zero attached hydrogens (tertiary/aromatic N) is 2. The van der Waals surface area contributed by atoms with E-state index >= 15 is 0 Å². The summed E-state index contributed by atoms with van der Waals surface area (Å²) < 4.78 is 5.57. The van der Waals surface area contributed by atoms with Crippen molar-refractivity contribution in [2.24, 2.45) is 5.10 Å². The smallest absolute Gasteiger partial charge is 0.271 e. The SMILES string of the molecule is C/C(COc1ccc2c(c1O)C(=O)c1ccccc1C2=O)=N\NC(=O)c1ccncc1. The van der Waals surface area contributed by atoms with Crippen molar-refractivity contribution in [2.45, 2.75) is 6.92 Å². The fourth-order valence-electron chi connectivity index (χ4n) is 3.19. The van der Waals surface area contributed by atoms with E-state index in [1.807, 2.05) is 0 Å². The van der Waals surface area contributed by atoms with Gasteiger partial charge in [0.15, 0.2) is 23.1 Å². The van der Waals surface area contributed by atoms with Crippen molar-refractivity contribution in [3.8, 4) is 11.5 Å². The van der Waals surface area contributed by atoms with Gasteiger partial charge in [-0.1, -0.05) is 24.3 Å². The normalized spacial score (nSPS) is 12.7. The van der Waals surface area contributed by atoms with E-state index in [1.54, 1.807) is 43.3 Å². The summed E-state index contributed by atoms with van der Waals surface area (Å²) in [6, 6.07) is 12.5. The quantitative estimate of drug-likeness (QED) is 0.382. The molecule has 1 amide bonds. The van der Waals surface area contributed by atoms with Crippen LogP contribution in [0.15, 0.2) is 66.0 Å². The molecule has 0 atom stereocenters. The molecule has 1 aliphatic carbocycles. The first kappa shape index (κ1) is 20.0. The van der Waals surface area contributed by atoms with Crippen molar-refractivity contribution in [2.75, 3.05) is 6.61 Å². The van der Waals surface area contributed by atoms with Crippen LogP contribution in [0.4, 0.5) is 0 Å². The molecule has 2 N–H and O–H groups in total. The molecule has 1 aromatic heterocycles. The van der Waals surface area contributed by atoms with Crippen LogP contribution < -0.4 is 10.2 Å². The molecule has 2 aromatic carbocycles. The predicted octanol–water partition coefficient (Wildman–Crippen LogP) is 2.75. The third kappa shape index (κ3) is 3.78. The first-order chi connectivity index (χ1) is 15.0. The van der Waals surface area contributed by atoms with Gasteiger partial charge in [-0.2, -0.15) is 5.10 Å². The fourth-order valence-corrected chi connectivity index (χ4v) is 3.19. The van der Waals surface area contributed by atoms with Gasteiger partial charge in [-0.3, -0.25) is 19.4 Å². The lowest BCUT2D eigenvalue weighted by Crippen LogP contribution is -2.22. The number of hydrogen-bond acceptors (Lipinski definition) is 7. The summed E-state index contributed by atoms with van der Waals surface area (Å²) in [6.45, 7) is 1.58. The topological polar surface area (TPSA) is 118 Å². The van der Waals surface area contributed by atoms with Crippen LogP contribution in [-0.4, -0.2) is 39.9 Å². The molecule has 0 unspecified atom stereocenters. The number of carbonyl (C=O) groups excluding carboxylic acids is 3. The van der Waals surface area contributed by atoms with E-state index in [1.165, 1.54) is 24.5 Å². The van der Waals surface area contributed by atoms with E-state index in [0.29, 0.717) is 16.8 Å². The zero-order chi connectivity index (χ0) is 22.0. The number of carbonyl (C=O) groups is 3. The molecule has 3 aromatic rings. The number of fused-ring (bicyclic) bond motifs is 2. The Kier molecular flexibility index (Phi) is 5.28. The number of rotatable bonds is 5. The second-order valence-corrected chi connectivity index (χ2v) is 6.85. The highest BCUT2D eigenvalue weighted by atomic mass is 16.5. The van der Waals surface area contributed by atoms with Crippen LogP contribution in [0.25, 0.3) is 0 Å². The van der Waals surface area contributed by atoms with E-state index in [2.05, 4.69) is 15.5 Å². The van der Waals surface area contributed by atoms with Crippen LogP contribution in [0.2, 0.25) is 0 Å². The minimum Gasteiger partial charge on any atom is -0.504 e. The molecule has 1 heterocycles. The van der Waals surface area contributed by atoms with Gasteiger partial charge >= 0.3 is 0 Å². The standard InChI is InChI=1S/C23H17N3O5/c1-13(25-26-23(30)14-8-10-24-11-9-14)12-31-18-7-6-17-19(22(18)29)21(28)16-5-3-2-4-15(16)20(17)27/h2-11,29H,12H2,1H3,(H,26,30)/b25-13+. The Hall–Kier alpha value is -4.33. The van der Waals surface area contributed by atoms with Crippen molar-refractivity contribution >= 4 is 23.2 Å². The number of hydrazone groups is 1. The van der Waals surface area contributed by atoms with Crippen LogP contribution in [0.1, 0.15) is 49.1 Å². The highest BCUT2D eigenvalue weighted by molar-refractivity contribution is 6.29. The number of nitrogens with one attached hydrogen (secondary N) is 1. The third-order valence-electron chi connectivity index (χ3n) is 4.76.